The Morgan fingerprint density at radius 3 is 2.94 bits per heavy atom. The number of nitrogens with zero attached hydrogens (tertiary/aromatic N) is 4. The van der Waals surface area contributed by atoms with Gasteiger partial charge in [0.15, 0.2) is 5.82 Å². The molecule has 0 N–H and O–H groups in total. The summed E-state index contributed by atoms with van der Waals surface area (Å²) in [4.78, 5) is 9.46. The maximum atomic E-state index is 5.05. The van der Waals surface area contributed by atoms with Gasteiger partial charge in [-0.25, -0.2) is 0 Å². The van der Waals surface area contributed by atoms with Crippen LogP contribution < -0.4 is 0 Å². The topological polar surface area (TPSA) is 45.4 Å². The van der Waals surface area contributed by atoms with E-state index < -0.39 is 0 Å². The minimum absolute atomic E-state index is 0.666. The summed E-state index contributed by atoms with van der Waals surface area (Å²) < 4.78 is 5.05. The van der Waals surface area contributed by atoms with E-state index >= 15 is 0 Å². The van der Waals surface area contributed by atoms with Crippen molar-refractivity contribution in [2.75, 3.05) is 26.2 Å². The Morgan fingerprint density at radius 1 is 1.22 bits per heavy atom. The summed E-state index contributed by atoms with van der Waals surface area (Å²) in [5.74, 6) is 1.50. The van der Waals surface area contributed by atoms with Gasteiger partial charge in [-0.2, -0.15) is 4.98 Å². The van der Waals surface area contributed by atoms with Gasteiger partial charge in [0.05, 0.1) is 6.54 Å². The first-order chi connectivity index (χ1) is 8.81. The Balaban J connectivity index is 1.62. The largest absolute Gasteiger partial charge is 0.340 e. The van der Waals surface area contributed by atoms with Crippen molar-refractivity contribution >= 4 is 0 Å². The molecule has 1 aromatic rings. The van der Waals surface area contributed by atoms with Crippen LogP contribution in [0.15, 0.2) is 4.52 Å². The zero-order chi connectivity index (χ0) is 12.4. The summed E-state index contributed by atoms with van der Waals surface area (Å²) >= 11 is 0. The predicted octanol–water partition coefficient (Wildman–Crippen LogP) is 1.44. The third-order valence-electron chi connectivity index (χ3n) is 4.07. The number of aromatic nitrogens is 2. The van der Waals surface area contributed by atoms with E-state index in [4.69, 9.17) is 4.52 Å². The zero-order valence-corrected chi connectivity index (χ0v) is 11.1. The molecule has 2 aliphatic rings. The van der Waals surface area contributed by atoms with Crippen LogP contribution in [0.1, 0.15) is 37.4 Å². The van der Waals surface area contributed by atoms with Gasteiger partial charge in [-0.15, -0.1) is 0 Å². The van der Waals surface area contributed by atoms with Gasteiger partial charge in [0.25, 0.3) is 0 Å². The molecule has 3 heterocycles. The average molecular weight is 250 g/mol. The standard InChI is InChI=1S/C13H22N4O/c1-11-14-13(15-18-11)10-16-6-4-8-17-7-3-2-5-12(17)9-16/h12H,2-10H2,1H3. The van der Waals surface area contributed by atoms with Crippen molar-refractivity contribution in [2.24, 2.45) is 0 Å². The van der Waals surface area contributed by atoms with E-state index in [0.29, 0.717) is 5.89 Å². The van der Waals surface area contributed by atoms with Gasteiger partial charge in [-0.1, -0.05) is 11.6 Å². The minimum atomic E-state index is 0.666. The lowest BCUT2D eigenvalue weighted by molar-refractivity contribution is 0.133. The predicted molar refractivity (Wildman–Crippen MR) is 68.1 cm³/mol. The molecule has 1 atom stereocenters. The van der Waals surface area contributed by atoms with Gasteiger partial charge in [0.1, 0.15) is 0 Å². The van der Waals surface area contributed by atoms with Crippen LogP contribution in [0.25, 0.3) is 0 Å². The summed E-state index contributed by atoms with van der Waals surface area (Å²) in [6.07, 6.45) is 5.37. The molecule has 5 nitrogen and oxygen atoms in total. The molecular formula is C13H22N4O. The monoisotopic (exact) mass is 250 g/mol. The highest BCUT2D eigenvalue weighted by Gasteiger charge is 2.27. The second-order valence-electron chi connectivity index (χ2n) is 5.50. The highest BCUT2D eigenvalue weighted by atomic mass is 16.5. The fraction of sp³-hybridized carbons (Fsp3) is 0.846. The number of hydrogen-bond acceptors (Lipinski definition) is 5. The molecule has 100 valence electrons. The molecule has 0 radical (unpaired) electrons. The Kier molecular flexibility index (Phi) is 3.61. The number of piperidine rings is 1. The van der Waals surface area contributed by atoms with Gasteiger partial charge in [0, 0.05) is 19.5 Å². The van der Waals surface area contributed by atoms with E-state index in [9.17, 15) is 0 Å². The van der Waals surface area contributed by atoms with Crippen molar-refractivity contribution in [3.63, 3.8) is 0 Å². The average Bonchev–Trinajstić information content (AvgIpc) is 2.66. The molecule has 18 heavy (non-hydrogen) atoms. The molecule has 2 fully saturated rings. The molecule has 1 unspecified atom stereocenters. The summed E-state index contributed by atoms with van der Waals surface area (Å²) in [6.45, 7) is 7.55. The smallest absolute Gasteiger partial charge is 0.223 e. The summed E-state index contributed by atoms with van der Waals surface area (Å²) in [5.41, 5.74) is 0. The molecule has 0 saturated carbocycles. The lowest BCUT2D eigenvalue weighted by Crippen LogP contribution is -2.43. The first kappa shape index (κ1) is 12.1. The normalized spacial score (nSPS) is 26.8. The molecule has 3 rings (SSSR count). The molecular weight excluding hydrogens is 228 g/mol. The summed E-state index contributed by atoms with van der Waals surface area (Å²) in [6, 6.07) is 0.745. The van der Waals surface area contributed by atoms with Crippen LogP contribution in [0.3, 0.4) is 0 Å². The number of aryl methyl sites for hydroxylation is 1. The fourth-order valence-electron chi connectivity index (χ4n) is 3.20. The lowest BCUT2D eigenvalue weighted by atomic mass is 10.0. The second-order valence-corrected chi connectivity index (χ2v) is 5.50. The Bertz CT molecular complexity index is 392. The van der Waals surface area contributed by atoms with Crippen LogP contribution in [0.5, 0.6) is 0 Å². The third-order valence-corrected chi connectivity index (χ3v) is 4.07. The van der Waals surface area contributed by atoms with E-state index in [1.54, 1.807) is 0 Å². The van der Waals surface area contributed by atoms with Crippen molar-refractivity contribution in [1.29, 1.82) is 0 Å². The number of fused-ring (bicyclic) bond motifs is 1. The van der Waals surface area contributed by atoms with Crippen molar-refractivity contribution in [2.45, 2.75) is 45.2 Å². The molecule has 0 bridgehead atoms. The minimum Gasteiger partial charge on any atom is -0.340 e. The lowest BCUT2D eigenvalue weighted by Gasteiger charge is -2.35. The van der Waals surface area contributed by atoms with Gasteiger partial charge in [0.2, 0.25) is 5.89 Å². The summed E-state index contributed by atoms with van der Waals surface area (Å²) in [7, 11) is 0. The number of rotatable bonds is 2. The van der Waals surface area contributed by atoms with Crippen LogP contribution in [0.2, 0.25) is 0 Å². The van der Waals surface area contributed by atoms with Crippen molar-refractivity contribution < 1.29 is 4.52 Å². The molecule has 0 aromatic carbocycles. The van der Waals surface area contributed by atoms with E-state index in [2.05, 4.69) is 19.9 Å². The van der Waals surface area contributed by atoms with E-state index in [-0.39, 0.29) is 0 Å². The Labute approximate surface area is 108 Å². The molecule has 1 aromatic heterocycles. The van der Waals surface area contributed by atoms with Crippen LogP contribution in [0.4, 0.5) is 0 Å². The van der Waals surface area contributed by atoms with Crippen LogP contribution in [-0.2, 0) is 6.54 Å². The highest BCUT2D eigenvalue weighted by molar-refractivity contribution is 4.88. The van der Waals surface area contributed by atoms with Gasteiger partial charge < -0.3 is 4.52 Å². The molecule has 0 amide bonds. The Morgan fingerprint density at radius 2 is 2.11 bits per heavy atom. The molecule has 2 aliphatic heterocycles. The molecule has 5 heteroatoms. The van der Waals surface area contributed by atoms with Crippen LogP contribution >= 0.6 is 0 Å². The molecule has 0 spiro atoms. The Hall–Kier alpha value is -0.940. The highest BCUT2D eigenvalue weighted by Crippen LogP contribution is 2.21. The molecule has 0 aliphatic carbocycles. The maximum absolute atomic E-state index is 5.05. The first-order valence-electron chi connectivity index (χ1n) is 7.07. The fourth-order valence-corrected chi connectivity index (χ4v) is 3.20. The van der Waals surface area contributed by atoms with Crippen molar-refractivity contribution in [3.05, 3.63) is 11.7 Å². The number of hydrogen-bond donors (Lipinski definition) is 0. The maximum Gasteiger partial charge on any atom is 0.223 e. The van der Waals surface area contributed by atoms with Crippen LogP contribution in [-0.4, -0.2) is 52.2 Å². The van der Waals surface area contributed by atoms with Crippen LogP contribution in [0, 0.1) is 6.92 Å². The third kappa shape index (κ3) is 2.72. The quantitative estimate of drug-likeness (QED) is 0.794. The van der Waals surface area contributed by atoms with E-state index in [1.807, 2.05) is 6.92 Å². The van der Waals surface area contributed by atoms with Gasteiger partial charge in [-0.3, -0.25) is 9.80 Å². The second kappa shape index (κ2) is 5.36. The SMILES string of the molecule is Cc1nc(CN2CCCN3CCCCC3C2)no1. The zero-order valence-electron chi connectivity index (χ0n) is 11.1. The van der Waals surface area contributed by atoms with E-state index in [1.165, 1.54) is 38.8 Å². The van der Waals surface area contributed by atoms with E-state index in [0.717, 1.165) is 31.5 Å². The van der Waals surface area contributed by atoms with Gasteiger partial charge in [-0.05, 0) is 38.9 Å². The van der Waals surface area contributed by atoms with Crippen molar-refractivity contribution in [3.8, 4) is 0 Å². The first-order valence-corrected chi connectivity index (χ1v) is 7.07. The van der Waals surface area contributed by atoms with Gasteiger partial charge >= 0.3 is 0 Å². The van der Waals surface area contributed by atoms with Crippen molar-refractivity contribution in [1.82, 2.24) is 19.9 Å². The summed E-state index contributed by atoms with van der Waals surface area (Å²) in [5, 5.41) is 4.00. The molecule has 2 saturated heterocycles.